The van der Waals surface area contributed by atoms with Gasteiger partial charge in [-0.25, -0.2) is 4.39 Å². The highest BCUT2D eigenvalue weighted by molar-refractivity contribution is 7.86. The van der Waals surface area contributed by atoms with Gasteiger partial charge in [0, 0.05) is 0 Å². The van der Waals surface area contributed by atoms with Crippen LogP contribution in [0.4, 0.5) is 21.4 Å². The zero-order chi connectivity index (χ0) is 9.28. The van der Waals surface area contributed by atoms with Crippen molar-refractivity contribution in [2.75, 3.05) is 5.75 Å². The molecule has 1 atom stereocenters. The quantitative estimate of drug-likeness (QED) is 0.493. The molecule has 0 aliphatic rings. The molecule has 0 radical (unpaired) electrons. The van der Waals surface area contributed by atoms with E-state index in [1.807, 2.05) is 0 Å². The summed E-state index contributed by atoms with van der Waals surface area (Å²) in [5, 5.41) is 0. The van der Waals surface area contributed by atoms with Crippen molar-refractivity contribution in [1.29, 1.82) is 0 Å². The molecule has 68 valence electrons. The van der Waals surface area contributed by atoms with Crippen molar-refractivity contribution in [3.05, 3.63) is 0 Å². The Morgan fingerprint density at radius 2 is 1.64 bits per heavy atom. The van der Waals surface area contributed by atoms with Gasteiger partial charge < -0.3 is 0 Å². The van der Waals surface area contributed by atoms with Gasteiger partial charge in [0.15, 0.2) is 0 Å². The minimum atomic E-state index is -5.40. The minimum absolute atomic E-state index is 2.17. The topological polar surface area (TPSA) is 34.1 Å². The number of rotatable bonds is 2. The molecule has 0 aliphatic heterocycles. The molecule has 0 bridgehead atoms. The van der Waals surface area contributed by atoms with Crippen LogP contribution in [0.3, 0.4) is 0 Å². The highest BCUT2D eigenvalue weighted by Gasteiger charge is 2.43. The Kier molecular flexibility index (Phi) is 2.81. The van der Waals surface area contributed by atoms with E-state index in [9.17, 15) is 29.9 Å². The molecule has 0 saturated heterocycles. The maximum atomic E-state index is 11.7. The van der Waals surface area contributed by atoms with Crippen LogP contribution in [0.5, 0.6) is 0 Å². The normalized spacial score (nSPS) is 16.5. The molecule has 0 amide bonds. The highest BCUT2D eigenvalue weighted by Crippen LogP contribution is 2.24. The fourth-order valence-corrected chi connectivity index (χ4v) is 0.808. The first-order valence-corrected chi connectivity index (χ1v) is 3.81. The molecular formula is C3H3F5O2S. The lowest BCUT2D eigenvalue weighted by molar-refractivity contribution is -0.173. The molecule has 1 unspecified atom stereocenters. The molecule has 11 heavy (non-hydrogen) atoms. The summed E-state index contributed by atoms with van der Waals surface area (Å²) < 4.78 is 75.5. The van der Waals surface area contributed by atoms with Crippen LogP contribution >= 0.6 is 0 Å². The van der Waals surface area contributed by atoms with Crippen LogP contribution in [-0.4, -0.2) is 26.5 Å². The minimum Gasteiger partial charge on any atom is -0.236 e. The van der Waals surface area contributed by atoms with Crippen molar-refractivity contribution < 1.29 is 29.9 Å². The Balaban J connectivity index is 4.21. The van der Waals surface area contributed by atoms with E-state index in [1.165, 1.54) is 0 Å². The molecule has 0 rings (SSSR count). The molecule has 0 heterocycles. The van der Waals surface area contributed by atoms with Crippen molar-refractivity contribution in [1.82, 2.24) is 0 Å². The first kappa shape index (κ1) is 10.6. The Morgan fingerprint density at radius 3 is 1.73 bits per heavy atom. The van der Waals surface area contributed by atoms with Gasteiger partial charge in [-0.2, -0.15) is 21.6 Å². The number of halogens is 5. The average molecular weight is 198 g/mol. The first-order chi connectivity index (χ1) is 4.63. The summed E-state index contributed by atoms with van der Waals surface area (Å²) in [6, 6.07) is 0. The molecule has 0 N–H and O–H groups in total. The van der Waals surface area contributed by atoms with Crippen LogP contribution in [0.25, 0.3) is 0 Å². The summed E-state index contributed by atoms with van der Waals surface area (Å²) in [6.07, 6.45) is -8.98. The Bertz CT molecular complexity index is 216. The Labute approximate surface area is 59.2 Å². The third-order valence-corrected chi connectivity index (χ3v) is 1.39. The van der Waals surface area contributed by atoms with Crippen molar-refractivity contribution in [3.8, 4) is 0 Å². The van der Waals surface area contributed by atoms with Crippen LogP contribution < -0.4 is 0 Å². The van der Waals surface area contributed by atoms with Gasteiger partial charge >= 0.3 is 16.4 Å². The lowest BCUT2D eigenvalue weighted by atomic mass is 10.4. The lowest BCUT2D eigenvalue weighted by Crippen LogP contribution is -2.30. The first-order valence-electron chi connectivity index (χ1n) is 2.26. The summed E-state index contributed by atoms with van der Waals surface area (Å²) in [4.78, 5) is 0. The second-order valence-corrected chi connectivity index (χ2v) is 3.13. The van der Waals surface area contributed by atoms with Gasteiger partial charge in [-0.1, -0.05) is 0 Å². The zero-order valence-corrected chi connectivity index (χ0v) is 5.72. The zero-order valence-electron chi connectivity index (χ0n) is 4.90. The molecule has 0 spiro atoms. The van der Waals surface area contributed by atoms with Gasteiger partial charge in [-0.3, -0.25) is 0 Å². The average Bonchev–Trinajstić information content (AvgIpc) is 1.56. The molecule has 0 saturated carbocycles. The van der Waals surface area contributed by atoms with Gasteiger partial charge in [-0.05, 0) is 0 Å². The van der Waals surface area contributed by atoms with Gasteiger partial charge in [0.2, 0.25) is 6.17 Å². The monoisotopic (exact) mass is 198 g/mol. The number of hydrogen-bond acceptors (Lipinski definition) is 2. The van der Waals surface area contributed by atoms with Gasteiger partial charge in [-0.15, -0.1) is 3.89 Å². The van der Waals surface area contributed by atoms with Crippen LogP contribution in [0.15, 0.2) is 0 Å². The van der Waals surface area contributed by atoms with Crippen LogP contribution in [0, 0.1) is 0 Å². The van der Waals surface area contributed by atoms with Gasteiger partial charge in [0.1, 0.15) is 5.75 Å². The predicted molar refractivity (Wildman–Crippen MR) is 25.8 cm³/mol. The molecule has 0 aromatic rings. The van der Waals surface area contributed by atoms with E-state index in [2.05, 4.69) is 0 Å². The van der Waals surface area contributed by atoms with Crippen LogP contribution in [-0.2, 0) is 10.2 Å². The lowest BCUT2D eigenvalue weighted by Gasteiger charge is -2.08. The Morgan fingerprint density at radius 1 is 1.27 bits per heavy atom. The molecule has 2 nitrogen and oxygen atoms in total. The SMILES string of the molecule is O=S(=O)(F)CC(F)C(F)(F)F. The number of hydrogen-bond donors (Lipinski definition) is 0. The van der Waals surface area contributed by atoms with Crippen LogP contribution in [0.1, 0.15) is 0 Å². The fraction of sp³-hybridized carbons (Fsp3) is 1.00. The van der Waals surface area contributed by atoms with E-state index in [1.54, 1.807) is 0 Å². The van der Waals surface area contributed by atoms with Gasteiger partial charge in [0.25, 0.3) is 0 Å². The molecule has 0 fully saturated rings. The van der Waals surface area contributed by atoms with E-state index >= 15 is 0 Å². The van der Waals surface area contributed by atoms with E-state index in [-0.39, 0.29) is 0 Å². The third-order valence-electron chi connectivity index (χ3n) is 0.701. The fourth-order valence-electron chi connectivity index (χ4n) is 0.269. The summed E-state index contributed by atoms with van der Waals surface area (Å²) in [6.45, 7) is 0. The summed E-state index contributed by atoms with van der Waals surface area (Å²) in [7, 11) is -5.40. The highest BCUT2D eigenvalue weighted by atomic mass is 32.3. The van der Waals surface area contributed by atoms with E-state index in [0.29, 0.717) is 0 Å². The summed E-state index contributed by atoms with van der Waals surface area (Å²) in [5.41, 5.74) is 0. The molecule has 0 aliphatic carbocycles. The van der Waals surface area contributed by atoms with Crippen molar-refractivity contribution in [3.63, 3.8) is 0 Å². The van der Waals surface area contributed by atoms with E-state index in [0.717, 1.165) is 0 Å². The third kappa shape index (κ3) is 4.93. The second-order valence-electron chi connectivity index (χ2n) is 1.71. The molecule has 0 aromatic carbocycles. The molecular weight excluding hydrogens is 195 g/mol. The van der Waals surface area contributed by atoms with Crippen molar-refractivity contribution >= 4 is 10.2 Å². The standard InChI is InChI=1S/C3H3F5O2S/c4-2(3(5,6)7)1-11(8,9)10/h2H,1H2. The van der Waals surface area contributed by atoms with Crippen molar-refractivity contribution in [2.24, 2.45) is 0 Å². The maximum Gasteiger partial charge on any atom is 0.420 e. The largest absolute Gasteiger partial charge is 0.420 e. The van der Waals surface area contributed by atoms with E-state index < -0.39 is 28.3 Å². The summed E-state index contributed by atoms with van der Waals surface area (Å²) in [5.74, 6) is -2.17. The summed E-state index contributed by atoms with van der Waals surface area (Å²) >= 11 is 0. The molecule has 0 aromatic heterocycles. The maximum absolute atomic E-state index is 11.7. The smallest absolute Gasteiger partial charge is 0.236 e. The van der Waals surface area contributed by atoms with E-state index in [4.69, 9.17) is 0 Å². The Hall–Kier alpha value is -0.400. The predicted octanol–water partition coefficient (Wildman–Crippen LogP) is 1.19. The second kappa shape index (κ2) is 2.92. The van der Waals surface area contributed by atoms with Crippen LogP contribution in [0.2, 0.25) is 0 Å². The molecule has 8 heteroatoms. The number of alkyl halides is 4. The van der Waals surface area contributed by atoms with Gasteiger partial charge in [0.05, 0.1) is 0 Å². The van der Waals surface area contributed by atoms with Crippen molar-refractivity contribution in [2.45, 2.75) is 12.3 Å².